The number of para-hydroxylation sites is 2. The first kappa shape index (κ1) is 12.1. The number of nitrogens with two attached hydrogens (primary N) is 1. The largest absolute Gasteiger partial charge is 0.397 e. The molecule has 1 aliphatic rings. The molecule has 2 nitrogen and oxygen atoms in total. The molecule has 0 amide bonds. The van der Waals surface area contributed by atoms with Gasteiger partial charge in [-0.2, -0.15) is 0 Å². The second-order valence-corrected chi connectivity index (χ2v) is 5.23. The van der Waals surface area contributed by atoms with Crippen LogP contribution < -0.4 is 10.6 Å². The van der Waals surface area contributed by atoms with Crippen molar-refractivity contribution in [2.45, 2.75) is 18.8 Å². The highest BCUT2D eigenvalue weighted by atomic mass is 15.1. The first-order valence-corrected chi connectivity index (χ1v) is 6.99. The summed E-state index contributed by atoms with van der Waals surface area (Å²) in [6, 6.07) is 19.0. The molecule has 0 atom stereocenters. The quantitative estimate of drug-likeness (QED) is 0.827. The van der Waals surface area contributed by atoms with Gasteiger partial charge in [-0.3, -0.25) is 0 Å². The summed E-state index contributed by atoms with van der Waals surface area (Å²) in [7, 11) is 0. The topological polar surface area (TPSA) is 29.3 Å². The smallest absolute Gasteiger partial charge is 0.0599 e. The lowest BCUT2D eigenvalue weighted by atomic mass is 9.89. The Bertz CT molecular complexity index is 528. The van der Waals surface area contributed by atoms with Crippen molar-refractivity contribution in [1.29, 1.82) is 0 Å². The highest BCUT2D eigenvalue weighted by Gasteiger charge is 2.21. The van der Waals surface area contributed by atoms with E-state index in [-0.39, 0.29) is 0 Å². The highest BCUT2D eigenvalue weighted by Crippen LogP contribution is 2.32. The Morgan fingerprint density at radius 2 is 1.47 bits per heavy atom. The Hall–Kier alpha value is -1.96. The standard InChI is InChI=1S/C17H20N2/c18-16-8-4-5-9-17(16)19-12-10-15(11-13-19)14-6-2-1-3-7-14/h1-9,15H,10-13,18H2. The minimum atomic E-state index is 0.697. The fourth-order valence-electron chi connectivity index (χ4n) is 2.95. The molecule has 1 heterocycles. The van der Waals surface area contributed by atoms with E-state index >= 15 is 0 Å². The predicted molar refractivity (Wildman–Crippen MR) is 81.5 cm³/mol. The third kappa shape index (κ3) is 2.58. The van der Waals surface area contributed by atoms with E-state index in [0.29, 0.717) is 5.92 Å². The Morgan fingerprint density at radius 3 is 2.16 bits per heavy atom. The molecule has 0 saturated carbocycles. The molecule has 2 heteroatoms. The average molecular weight is 252 g/mol. The summed E-state index contributed by atoms with van der Waals surface area (Å²) in [4.78, 5) is 2.41. The van der Waals surface area contributed by atoms with Gasteiger partial charge in [-0.15, -0.1) is 0 Å². The molecule has 19 heavy (non-hydrogen) atoms. The number of anilines is 2. The van der Waals surface area contributed by atoms with E-state index in [1.807, 2.05) is 12.1 Å². The third-order valence-electron chi connectivity index (χ3n) is 4.04. The van der Waals surface area contributed by atoms with E-state index in [9.17, 15) is 0 Å². The van der Waals surface area contributed by atoms with Crippen molar-refractivity contribution >= 4 is 11.4 Å². The molecule has 2 aromatic carbocycles. The zero-order valence-corrected chi connectivity index (χ0v) is 11.1. The molecule has 2 N–H and O–H groups in total. The number of benzene rings is 2. The molecule has 1 saturated heterocycles. The summed E-state index contributed by atoms with van der Waals surface area (Å²) >= 11 is 0. The number of nitrogens with zero attached hydrogens (tertiary/aromatic N) is 1. The van der Waals surface area contributed by atoms with Gasteiger partial charge in [0.1, 0.15) is 0 Å². The van der Waals surface area contributed by atoms with Crippen molar-refractivity contribution in [2.75, 3.05) is 23.7 Å². The van der Waals surface area contributed by atoms with E-state index in [1.165, 1.54) is 24.1 Å². The molecular weight excluding hydrogens is 232 g/mol. The van der Waals surface area contributed by atoms with Gasteiger partial charge in [-0.05, 0) is 36.5 Å². The SMILES string of the molecule is Nc1ccccc1N1CCC(c2ccccc2)CC1. The van der Waals surface area contributed by atoms with Gasteiger partial charge in [-0.25, -0.2) is 0 Å². The van der Waals surface area contributed by atoms with Crippen molar-refractivity contribution < 1.29 is 0 Å². The summed E-state index contributed by atoms with van der Waals surface area (Å²) in [6.45, 7) is 2.18. The first-order chi connectivity index (χ1) is 9.34. The monoisotopic (exact) mass is 252 g/mol. The Kier molecular flexibility index (Phi) is 3.41. The van der Waals surface area contributed by atoms with Gasteiger partial charge in [0.2, 0.25) is 0 Å². The van der Waals surface area contributed by atoms with Crippen LogP contribution in [-0.2, 0) is 0 Å². The minimum Gasteiger partial charge on any atom is -0.397 e. The molecule has 3 rings (SSSR count). The van der Waals surface area contributed by atoms with Gasteiger partial charge in [-0.1, -0.05) is 42.5 Å². The molecule has 1 fully saturated rings. The van der Waals surface area contributed by atoms with E-state index in [1.54, 1.807) is 0 Å². The molecule has 0 bridgehead atoms. The third-order valence-corrected chi connectivity index (χ3v) is 4.04. The van der Waals surface area contributed by atoms with Crippen LogP contribution in [0.15, 0.2) is 54.6 Å². The lowest BCUT2D eigenvalue weighted by molar-refractivity contribution is 0.506. The van der Waals surface area contributed by atoms with Crippen LogP contribution in [0.4, 0.5) is 11.4 Å². The van der Waals surface area contributed by atoms with E-state index in [2.05, 4.69) is 47.4 Å². The van der Waals surface area contributed by atoms with Crippen LogP contribution in [0.3, 0.4) is 0 Å². The maximum atomic E-state index is 6.06. The number of nitrogen functional groups attached to an aromatic ring is 1. The summed E-state index contributed by atoms with van der Waals surface area (Å²) in [5.41, 5.74) is 9.61. The van der Waals surface area contributed by atoms with E-state index < -0.39 is 0 Å². The van der Waals surface area contributed by atoms with Crippen LogP contribution in [0.25, 0.3) is 0 Å². The van der Waals surface area contributed by atoms with Gasteiger partial charge >= 0.3 is 0 Å². The number of piperidine rings is 1. The predicted octanol–water partition coefficient (Wildman–Crippen LogP) is 3.65. The second-order valence-electron chi connectivity index (χ2n) is 5.23. The van der Waals surface area contributed by atoms with Gasteiger partial charge in [0.15, 0.2) is 0 Å². The van der Waals surface area contributed by atoms with Gasteiger partial charge < -0.3 is 10.6 Å². The first-order valence-electron chi connectivity index (χ1n) is 6.99. The normalized spacial score (nSPS) is 16.5. The lowest BCUT2D eigenvalue weighted by Crippen LogP contribution is -2.33. The second kappa shape index (κ2) is 5.35. The summed E-state index contributed by atoms with van der Waals surface area (Å²) in [5, 5.41) is 0. The zero-order valence-electron chi connectivity index (χ0n) is 11.1. The van der Waals surface area contributed by atoms with Crippen LogP contribution in [0, 0.1) is 0 Å². The molecule has 2 aromatic rings. The highest BCUT2D eigenvalue weighted by molar-refractivity contribution is 5.67. The van der Waals surface area contributed by atoms with Crippen LogP contribution in [0.5, 0.6) is 0 Å². The van der Waals surface area contributed by atoms with Crippen molar-refractivity contribution in [3.63, 3.8) is 0 Å². The van der Waals surface area contributed by atoms with Crippen molar-refractivity contribution in [3.05, 3.63) is 60.2 Å². The minimum absolute atomic E-state index is 0.697. The maximum Gasteiger partial charge on any atom is 0.0599 e. The van der Waals surface area contributed by atoms with Crippen LogP contribution in [0.1, 0.15) is 24.3 Å². The number of rotatable bonds is 2. The van der Waals surface area contributed by atoms with Crippen molar-refractivity contribution in [2.24, 2.45) is 0 Å². The van der Waals surface area contributed by atoms with E-state index in [4.69, 9.17) is 5.73 Å². The average Bonchev–Trinajstić information content (AvgIpc) is 2.49. The van der Waals surface area contributed by atoms with Crippen molar-refractivity contribution in [3.8, 4) is 0 Å². The molecule has 0 aromatic heterocycles. The lowest BCUT2D eigenvalue weighted by Gasteiger charge is -2.34. The Morgan fingerprint density at radius 1 is 0.842 bits per heavy atom. The van der Waals surface area contributed by atoms with Gasteiger partial charge in [0.25, 0.3) is 0 Å². The molecule has 0 radical (unpaired) electrons. The maximum absolute atomic E-state index is 6.06. The summed E-state index contributed by atoms with van der Waals surface area (Å²) < 4.78 is 0. The Labute approximate surface area is 114 Å². The summed E-state index contributed by atoms with van der Waals surface area (Å²) in [5.74, 6) is 0.697. The molecule has 0 aliphatic carbocycles. The fourth-order valence-corrected chi connectivity index (χ4v) is 2.95. The molecule has 0 spiro atoms. The van der Waals surface area contributed by atoms with Crippen LogP contribution in [-0.4, -0.2) is 13.1 Å². The summed E-state index contributed by atoms with van der Waals surface area (Å²) in [6.07, 6.45) is 2.41. The fraction of sp³-hybridized carbons (Fsp3) is 0.294. The van der Waals surface area contributed by atoms with Crippen LogP contribution >= 0.6 is 0 Å². The molecular formula is C17H20N2. The number of hydrogen-bond acceptors (Lipinski definition) is 2. The van der Waals surface area contributed by atoms with Gasteiger partial charge in [0.05, 0.1) is 11.4 Å². The zero-order chi connectivity index (χ0) is 13.1. The number of hydrogen-bond donors (Lipinski definition) is 1. The van der Waals surface area contributed by atoms with Gasteiger partial charge in [0, 0.05) is 13.1 Å². The Balaban J connectivity index is 1.69. The van der Waals surface area contributed by atoms with Crippen molar-refractivity contribution in [1.82, 2.24) is 0 Å². The van der Waals surface area contributed by atoms with E-state index in [0.717, 1.165) is 18.8 Å². The molecule has 98 valence electrons. The van der Waals surface area contributed by atoms with Crippen LogP contribution in [0.2, 0.25) is 0 Å². The molecule has 1 aliphatic heterocycles. The molecule has 0 unspecified atom stereocenters.